The van der Waals surface area contributed by atoms with Gasteiger partial charge in [-0.05, 0) is 36.6 Å². The Balaban J connectivity index is 2.83. The van der Waals surface area contributed by atoms with Crippen molar-refractivity contribution in [1.29, 1.82) is 0 Å². The highest BCUT2D eigenvalue weighted by Crippen LogP contribution is 2.20. The molecule has 4 nitrogen and oxygen atoms in total. The maximum atomic E-state index is 12.1. The molecule has 0 saturated carbocycles. The summed E-state index contributed by atoms with van der Waals surface area (Å²) in [5.41, 5.74) is 1.02. The second kappa shape index (κ2) is 7.84. The Kier molecular flexibility index (Phi) is 6.43. The number of rotatable bonds is 6. The molecule has 1 rings (SSSR count). The van der Waals surface area contributed by atoms with Crippen molar-refractivity contribution in [3.63, 3.8) is 0 Å². The zero-order valence-electron chi connectivity index (χ0n) is 12.4. The van der Waals surface area contributed by atoms with Gasteiger partial charge in [0, 0.05) is 22.7 Å². The quantitative estimate of drug-likeness (QED) is 0.789. The second-order valence-corrected chi connectivity index (χ2v) is 5.46. The van der Waals surface area contributed by atoms with Crippen LogP contribution in [0.15, 0.2) is 24.3 Å². The van der Waals surface area contributed by atoms with E-state index in [1.807, 2.05) is 6.92 Å². The molecule has 1 aromatic rings. The minimum atomic E-state index is -1.05. The van der Waals surface area contributed by atoms with Crippen LogP contribution in [0.3, 0.4) is 0 Å². The van der Waals surface area contributed by atoms with Crippen LogP contribution in [0, 0.1) is 5.92 Å². The molecule has 2 atom stereocenters. The summed E-state index contributed by atoms with van der Waals surface area (Å²) >= 11 is 6.06. The van der Waals surface area contributed by atoms with Gasteiger partial charge in [0.05, 0.1) is 0 Å². The summed E-state index contributed by atoms with van der Waals surface area (Å²) in [4.78, 5) is 22.6. The first-order valence-electron chi connectivity index (χ1n) is 6.86. The summed E-state index contributed by atoms with van der Waals surface area (Å²) in [5.74, 6) is -0.837. The van der Waals surface area contributed by atoms with Crippen molar-refractivity contribution < 1.29 is 14.7 Å². The number of carboxylic acid groups (broad SMARTS) is 1. The average molecular weight is 310 g/mol. The summed E-state index contributed by atoms with van der Waals surface area (Å²) in [7, 11) is 0. The van der Waals surface area contributed by atoms with Crippen LogP contribution < -0.4 is 5.32 Å². The summed E-state index contributed by atoms with van der Waals surface area (Å²) < 4.78 is 0. The number of amides is 1. The molecule has 0 aliphatic rings. The molecular formula is C16H20ClNO3. The second-order valence-electron chi connectivity index (χ2n) is 5.06. The van der Waals surface area contributed by atoms with E-state index in [9.17, 15) is 9.59 Å². The standard InChI is InChI=1S/C16H20ClNO3/c1-4-10(2)11(3)18-16(21)13-6-5-12(14(17)9-13)7-8-15(19)20/h5-11H,4H2,1-3H3,(H,18,21)(H,19,20)/b8-7+. The largest absolute Gasteiger partial charge is 0.478 e. The fraction of sp³-hybridized carbons (Fsp3) is 0.375. The lowest BCUT2D eigenvalue weighted by atomic mass is 10.0. The summed E-state index contributed by atoms with van der Waals surface area (Å²) in [6.07, 6.45) is 3.39. The van der Waals surface area contributed by atoms with Gasteiger partial charge in [0.1, 0.15) is 0 Å². The molecule has 0 heterocycles. The first kappa shape index (κ1) is 17.2. The van der Waals surface area contributed by atoms with Crippen molar-refractivity contribution >= 4 is 29.6 Å². The third-order valence-corrected chi connectivity index (χ3v) is 3.85. The Morgan fingerprint density at radius 2 is 2.05 bits per heavy atom. The Bertz CT molecular complexity index is 554. The lowest BCUT2D eigenvalue weighted by molar-refractivity contribution is -0.131. The molecular weight excluding hydrogens is 290 g/mol. The number of carboxylic acids is 1. The van der Waals surface area contributed by atoms with E-state index in [0.717, 1.165) is 12.5 Å². The number of nitrogens with one attached hydrogen (secondary N) is 1. The van der Waals surface area contributed by atoms with Gasteiger partial charge >= 0.3 is 5.97 Å². The summed E-state index contributed by atoms with van der Waals surface area (Å²) in [6.45, 7) is 6.13. The smallest absolute Gasteiger partial charge is 0.328 e. The van der Waals surface area contributed by atoms with E-state index < -0.39 is 5.97 Å². The van der Waals surface area contributed by atoms with Gasteiger partial charge in [0.25, 0.3) is 5.91 Å². The number of carbonyl (C=O) groups is 2. The molecule has 21 heavy (non-hydrogen) atoms. The van der Waals surface area contributed by atoms with Crippen molar-refractivity contribution in [2.24, 2.45) is 5.92 Å². The van der Waals surface area contributed by atoms with Crippen molar-refractivity contribution in [2.45, 2.75) is 33.2 Å². The van der Waals surface area contributed by atoms with Gasteiger partial charge in [-0.3, -0.25) is 4.79 Å². The van der Waals surface area contributed by atoms with Crippen LogP contribution in [0.4, 0.5) is 0 Å². The van der Waals surface area contributed by atoms with E-state index >= 15 is 0 Å². The molecule has 1 aromatic carbocycles. The van der Waals surface area contributed by atoms with Crippen LogP contribution in [0.5, 0.6) is 0 Å². The van der Waals surface area contributed by atoms with E-state index in [4.69, 9.17) is 16.7 Å². The van der Waals surface area contributed by atoms with Crippen molar-refractivity contribution in [3.05, 3.63) is 40.4 Å². The maximum absolute atomic E-state index is 12.1. The number of hydrogen-bond donors (Lipinski definition) is 2. The fourth-order valence-corrected chi connectivity index (χ4v) is 1.99. The summed E-state index contributed by atoms with van der Waals surface area (Å²) in [6, 6.07) is 4.88. The normalized spacial score (nSPS) is 13.9. The molecule has 0 aliphatic heterocycles. The third kappa shape index (κ3) is 5.23. The van der Waals surface area contributed by atoms with Crippen molar-refractivity contribution in [3.8, 4) is 0 Å². The molecule has 0 radical (unpaired) electrons. The topological polar surface area (TPSA) is 66.4 Å². The molecule has 0 aromatic heterocycles. The molecule has 0 saturated heterocycles. The van der Waals surface area contributed by atoms with E-state index in [1.54, 1.807) is 18.2 Å². The Morgan fingerprint density at radius 1 is 1.38 bits per heavy atom. The fourth-order valence-electron chi connectivity index (χ4n) is 1.75. The van der Waals surface area contributed by atoms with Crippen LogP contribution in [-0.4, -0.2) is 23.0 Å². The molecule has 5 heteroatoms. The lowest BCUT2D eigenvalue weighted by Gasteiger charge is -2.20. The van der Waals surface area contributed by atoms with Gasteiger partial charge in [-0.1, -0.05) is 37.9 Å². The van der Waals surface area contributed by atoms with Crippen LogP contribution in [-0.2, 0) is 4.79 Å². The number of aliphatic carboxylic acids is 1. The Hall–Kier alpha value is -1.81. The zero-order chi connectivity index (χ0) is 16.0. The highest BCUT2D eigenvalue weighted by molar-refractivity contribution is 6.32. The Labute approximate surface area is 129 Å². The third-order valence-electron chi connectivity index (χ3n) is 3.52. The molecule has 2 N–H and O–H groups in total. The average Bonchev–Trinajstić information content (AvgIpc) is 2.44. The monoisotopic (exact) mass is 309 g/mol. The highest BCUT2D eigenvalue weighted by atomic mass is 35.5. The molecule has 0 fully saturated rings. The van der Waals surface area contributed by atoms with E-state index in [-0.39, 0.29) is 11.9 Å². The van der Waals surface area contributed by atoms with Gasteiger partial charge in [-0.15, -0.1) is 0 Å². The molecule has 114 valence electrons. The highest BCUT2D eigenvalue weighted by Gasteiger charge is 2.15. The predicted molar refractivity (Wildman–Crippen MR) is 84.5 cm³/mol. The van der Waals surface area contributed by atoms with E-state index in [2.05, 4.69) is 19.2 Å². The SMILES string of the molecule is CCC(C)C(C)NC(=O)c1ccc(/C=C/C(=O)O)c(Cl)c1. The summed E-state index contributed by atoms with van der Waals surface area (Å²) in [5, 5.41) is 11.9. The van der Waals surface area contributed by atoms with Gasteiger partial charge in [-0.25, -0.2) is 4.79 Å². The maximum Gasteiger partial charge on any atom is 0.328 e. The van der Waals surface area contributed by atoms with Gasteiger partial charge in [-0.2, -0.15) is 0 Å². The first-order valence-corrected chi connectivity index (χ1v) is 7.24. The van der Waals surface area contributed by atoms with Gasteiger partial charge < -0.3 is 10.4 Å². The van der Waals surface area contributed by atoms with Crippen LogP contribution in [0.25, 0.3) is 6.08 Å². The molecule has 2 unspecified atom stereocenters. The van der Waals surface area contributed by atoms with Crippen LogP contribution in [0.2, 0.25) is 5.02 Å². The Morgan fingerprint density at radius 3 is 2.57 bits per heavy atom. The lowest BCUT2D eigenvalue weighted by Crippen LogP contribution is -2.36. The minimum absolute atomic E-state index is 0.0767. The molecule has 0 spiro atoms. The predicted octanol–water partition coefficient (Wildman–Crippen LogP) is 3.60. The van der Waals surface area contributed by atoms with Crippen LogP contribution in [0.1, 0.15) is 43.1 Å². The first-order chi connectivity index (χ1) is 9.85. The van der Waals surface area contributed by atoms with E-state index in [0.29, 0.717) is 22.1 Å². The van der Waals surface area contributed by atoms with Crippen LogP contribution >= 0.6 is 11.6 Å². The van der Waals surface area contributed by atoms with E-state index in [1.165, 1.54) is 6.08 Å². The minimum Gasteiger partial charge on any atom is -0.478 e. The van der Waals surface area contributed by atoms with Crippen molar-refractivity contribution in [2.75, 3.05) is 0 Å². The van der Waals surface area contributed by atoms with Crippen molar-refractivity contribution in [1.82, 2.24) is 5.32 Å². The van der Waals surface area contributed by atoms with Gasteiger partial charge in [0.2, 0.25) is 0 Å². The molecule has 0 bridgehead atoms. The molecule has 1 amide bonds. The number of benzene rings is 1. The number of carbonyl (C=O) groups excluding carboxylic acids is 1. The van der Waals surface area contributed by atoms with Gasteiger partial charge in [0.15, 0.2) is 0 Å². The molecule has 0 aliphatic carbocycles. The number of halogens is 1. The number of hydrogen-bond acceptors (Lipinski definition) is 2. The zero-order valence-corrected chi connectivity index (χ0v) is 13.1.